The summed E-state index contributed by atoms with van der Waals surface area (Å²) in [4.78, 5) is 2.12. The first-order valence-corrected chi connectivity index (χ1v) is 7.35. The zero-order valence-corrected chi connectivity index (χ0v) is 12.9. The SMILES string of the molecule is CCN(CC(Cl)c1ccc(F)c(F)c1)c1cccc(C)c1. The fourth-order valence-corrected chi connectivity index (χ4v) is 2.55. The van der Waals surface area contributed by atoms with Crippen molar-refractivity contribution >= 4 is 17.3 Å². The Hall–Kier alpha value is -1.61. The molecule has 0 bridgehead atoms. The van der Waals surface area contributed by atoms with Crippen molar-refractivity contribution in [1.82, 2.24) is 0 Å². The van der Waals surface area contributed by atoms with Crippen molar-refractivity contribution in [2.24, 2.45) is 0 Å². The van der Waals surface area contributed by atoms with Crippen molar-refractivity contribution in [3.05, 3.63) is 65.2 Å². The Balaban J connectivity index is 2.16. The molecule has 0 radical (unpaired) electrons. The highest BCUT2D eigenvalue weighted by atomic mass is 35.5. The summed E-state index contributed by atoms with van der Waals surface area (Å²) in [5, 5.41) is -0.402. The third kappa shape index (κ3) is 3.94. The quantitative estimate of drug-likeness (QED) is 0.696. The zero-order valence-electron chi connectivity index (χ0n) is 12.1. The lowest BCUT2D eigenvalue weighted by Crippen LogP contribution is -2.26. The van der Waals surface area contributed by atoms with Gasteiger partial charge in [-0.1, -0.05) is 18.2 Å². The summed E-state index contributed by atoms with van der Waals surface area (Å²) < 4.78 is 26.3. The second-order valence-electron chi connectivity index (χ2n) is 5.02. The standard InChI is InChI=1S/C17H18ClF2N/c1-3-21(14-6-4-5-12(2)9-14)11-15(18)13-7-8-16(19)17(20)10-13/h4-10,15H,3,11H2,1-2H3. The number of hydrogen-bond acceptors (Lipinski definition) is 1. The average molecular weight is 310 g/mol. The van der Waals surface area contributed by atoms with Gasteiger partial charge in [-0.2, -0.15) is 0 Å². The molecule has 0 N–H and O–H groups in total. The van der Waals surface area contributed by atoms with Gasteiger partial charge in [0.2, 0.25) is 0 Å². The first-order chi connectivity index (χ1) is 10.0. The second-order valence-corrected chi connectivity index (χ2v) is 5.55. The van der Waals surface area contributed by atoms with Crippen LogP contribution in [0, 0.1) is 18.6 Å². The maximum absolute atomic E-state index is 13.3. The minimum Gasteiger partial charge on any atom is -0.370 e. The van der Waals surface area contributed by atoms with Crippen LogP contribution in [0.15, 0.2) is 42.5 Å². The fourth-order valence-electron chi connectivity index (χ4n) is 2.25. The van der Waals surface area contributed by atoms with Gasteiger partial charge in [-0.15, -0.1) is 11.6 Å². The van der Waals surface area contributed by atoms with E-state index in [0.29, 0.717) is 12.1 Å². The molecule has 0 heterocycles. The van der Waals surface area contributed by atoms with E-state index in [1.54, 1.807) is 0 Å². The van der Waals surface area contributed by atoms with E-state index in [2.05, 4.69) is 11.0 Å². The molecule has 0 aliphatic heterocycles. The molecule has 0 spiro atoms. The summed E-state index contributed by atoms with van der Waals surface area (Å²) in [5.74, 6) is -1.72. The van der Waals surface area contributed by atoms with Gasteiger partial charge in [-0.3, -0.25) is 0 Å². The molecule has 112 valence electrons. The van der Waals surface area contributed by atoms with E-state index in [4.69, 9.17) is 11.6 Å². The van der Waals surface area contributed by atoms with E-state index in [9.17, 15) is 8.78 Å². The van der Waals surface area contributed by atoms with Gasteiger partial charge in [0, 0.05) is 18.8 Å². The Labute approximate surface area is 129 Å². The molecule has 1 nitrogen and oxygen atoms in total. The van der Waals surface area contributed by atoms with Gasteiger partial charge in [0.05, 0.1) is 5.38 Å². The van der Waals surface area contributed by atoms with E-state index in [1.807, 2.05) is 32.0 Å². The topological polar surface area (TPSA) is 3.24 Å². The van der Waals surface area contributed by atoms with Crippen LogP contribution in [0.4, 0.5) is 14.5 Å². The molecular formula is C17H18ClF2N. The van der Waals surface area contributed by atoms with E-state index in [1.165, 1.54) is 11.6 Å². The second kappa shape index (κ2) is 6.90. The van der Waals surface area contributed by atoms with Crippen molar-refractivity contribution in [3.8, 4) is 0 Å². The zero-order chi connectivity index (χ0) is 15.4. The number of alkyl halides is 1. The molecule has 0 amide bonds. The van der Waals surface area contributed by atoms with Crippen LogP contribution < -0.4 is 4.90 Å². The Morgan fingerprint density at radius 1 is 1.10 bits per heavy atom. The molecule has 1 atom stereocenters. The van der Waals surface area contributed by atoms with Crippen LogP contribution in [0.25, 0.3) is 0 Å². The normalized spacial score (nSPS) is 12.2. The van der Waals surface area contributed by atoms with Crippen molar-refractivity contribution in [1.29, 1.82) is 0 Å². The maximum Gasteiger partial charge on any atom is 0.159 e. The number of halogens is 3. The van der Waals surface area contributed by atoms with E-state index < -0.39 is 17.0 Å². The monoisotopic (exact) mass is 309 g/mol. The van der Waals surface area contributed by atoms with Crippen molar-refractivity contribution in [3.63, 3.8) is 0 Å². The molecule has 21 heavy (non-hydrogen) atoms. The molecular weight excluding hydrogens is 292 g/mol. The number of rotatable bonds is 5. The fraction of sp³-hybridized carbons (Fsp3) is 0.294. The average Bonchev–Trinajstić information content (AvgIpc) is 2.47. The van der Waals surface area contributed by atoms with Crippen LogP contribution in [0.3, 0.4) is 0 Å². The third-order valence-electron chi connectivity index (χ3n) is 3.43. The van der Waals surface area contributed by atoms with Gasteiger partial charge in [0.15, 0.2) is 11.6 Å². The highest BCUT2D eigenvalue weighted by Gasteiger charge is 2.15. The van der Waals surface area contributed by atoms with Gasteiger partial charge in [0.25, 0.3) is 0 Å². The first-order valence-electron chi connectivity index (χ1n) is 6.92. The molecule has 1 unspecified atom stereocenters. The van der Waals surface area contributed by atoms with Crippen LogP contribution in [0.1, 0.15) is 23.4 Å². The number of benzene rings is 2. The number of hydrogen-bond donors (Lipinski definition) is 0. The summed E-state index contributed by atoms with van der Waals surface area (Å²) in [6, 6.07) is 11.9. The first kappa shape index (κ1) is 15.8. The third-order valence-corrected chi connectivity index (χ3v) is 3.82. The highest BCUT2D eigenvalue weighted by molar-refractivity contribution is 6.21. The summed E-state index contributed by atoms with van der Waals surface area (Å²) in [6.45, 7) is 5.39. The van der Waals surface area contributed by atoms with Gasteiger partial charge >= 0.3 is 0 Å². The Morgan fingerprint density at radius 2 is 1.86 bits per heavy atom. The van der Waals surface area contributed by atoms with Crippen LogP contribution in [-0.4, -0.2) is 13.1 Å². The molecule has 0 saturated carbocycles. The Kier molecular flexibility index (Phi) is 5.18. The van der Waals surface area contributed by atoms with Crippen molar-refractivity contribution < 1.29 is 8.78 Å². The predicted octanol–water partition coefficient (Wildman–Crippen LogP) is 5.08. The van der Waals surface area contributed by atoms with Gasteiger partial charge in [0.1, 0.15) is 0 Å². The number of anilines is 1. The van der Waals surface area contributed by atoms with Crippen molar-refractivity contribution in [2.75, 3.05) is 18.0 Å². The number of nitrogens with zero attached hydrogens (tertiary/aromatic N) is 1. The van der Waals surface area contributed by atoms with Crippen LogP contribution in [0.2, 0.25) is 0 Å². The van der Waals surface area contributed by atoms with E-state index >= 15 is 0 Å². The van der Waals surface area contributed by atoms with E-state index in [0.717, 1.165) is 24.4 Å². The molecule has 0 aliphatic rings. The summed E-state index contributed by atoms with van der Waals surface area (Å²) in [5.41, 5.74) is 2.83. The lowest BCUT2D eigenvalue weighted by Gasteiger charge is -2.26. The van der Waals surface area contributed by atoms with Crippen LogP contribution >= 0.6 is 11.6 Å². The lowest BCUT2D eigenvalue weighted by molar-refractivity contribution is 0.506. The smallest absolute Gasteiger partial charge is 0.159 e. The summed E-state index contributed by atoms with van der Waals surface area (Å²) in [7, 11) is 0. The molecule has 2 rings (SSSR count). The number of likely N-dealkylation sites (N-methyl/N-ethyl adjacent to an activating group) is 1. The molecule has 0 fully saturated rings. The molecule has 2 aromatic carbocycles. The number of aryl methyl sites for hydroxylation is 1. The largest absolute Gasteiger partial charge is 0.370 e. The molecule has 2 aromatic rings. The molecule has 0 saturated heterocycles. The molecule has 4 heteroatoms. The summed E-state index contributed by atoms with van der Waals surface area (Å²) >= 11 is 6.36. The van der Waals surface area contributed by atoms with Gasteiger partial charge < -0.3 is 4.90 Å². The molecule has 0 aromatic heterocycles. The van der Waals surface area contributed by atoms with Gasteiger partial charge in [-0.25, -0.2) is 8.78 Å². The predicted molar refractivity (Wildman–Crippen MR) is 84.0 cm³/mol. The lowest BCUT2D eigenvalue weighted by atomic mass is 10.1. The highest BCUT2D eigenvalue weighted by Crippen LogP contribution is 2.26. The Morgan fingerprint density at radius 3 is 2.48 bits per heavy atom. The minimum absolute atomic E-state index is 0.402. The minimum atomic E-state index is -0.864. The van der Waals surface area contributed by atoms with Gasteiger partial charge in [-0.05, 0) is 49.2 Å². The van der Waals surface area contributed by atoms with Crippen LogP contribution in [-0.2, 0) is 0 Å². The maximum atomic E-state index is 13.3. The van der Waals surface area contributed by atoms with Crippen molar-refractivity contribution in [2.45, 2.75) is 19.2 Å². The van der Waals surface area contributed by atoms with Crippen LogP contribution in [0.5, 0.6) is 0 Å². The van der Waals surface area contributed by atoms with E-state index in [-0.39, 0.29) is 0 Å². The Bertz CT molecular complexity index is 615. The summed E-state index contributed by atoms with van der Waals surface area (Å²) in [6.07, 6.45) is 0. The molecule has 0 aliphatic carbocycles.